The molecule has 3 rings (SSSR count). The van der Waals surface area contributed by atoms with Crippen LogP contribution in [0, 0.1) is 5.82 Å². The van der Waals surface area contributed by atoms with Crippen molar-refractivity contribution in [1.29, 1.82) is 0 Å². The lowest BCUT2D eigenvalue weighted by atomic mass is 10.1. The number of ether oxygens (including phenoxy) is 2. The van der Waals surface area contributed by atoms with Crippen LogP contribution in [0.15, 0.2) is 29.3 Å². The number of methoxy groups -OCH3 is 1. The van der Waals surface area contributed by atoms with Crippen molar-refractivity contribution >= 4 is 36.0 Å². The quantitative estimate of drug-likeness (QED) is 0.619. The smallest absolute Gasteiger partial charge is 0.410 e. The summed E-state index contributed by atoms with van der Waals surface area (Å²) in [6.07, 6.45) is -0.477. The number of nitrogens with zero attached hydrogens (tertiary/aromatic N) is 3. The second kappa shape index (κ2) is 9.92. The SMILES string of the molecule is COC(CNC1=NCC2CN(C(=O)OC(C)(C)C)CCN12)c1ccc(F)cc1.I. The average Bonchev–Trinajstić information content (AvgIpc) is 3.04. The molecule has 0 aliphatic carbocycles. The molecule has 0 bridgehead atoms. The van der Waals surface area contributed by atoms with E-state index in [9.17, 15) is 9.18 Å². The molecule has 1 fully saturated rings. The molecule has 7 nitrogen and oxygen atoms in total. The van der Waals surface area contributed by atoms with Crippen molar-refractivity contribution in [3.63, 3.8) is 0 Å². The van der Waals surface area contributed by atoms with Crippen molar-refractivity contribution in [2.45, 2.75) is 38.5 Å². The first kappa shape index (κ1) is 23.7. The first-order valence-corrected chi connectivity index (χ1v) is 9.58. The molecule has 162 valence electrons. The Morgan fingerprint density at radius 3 is 2.62 bits per heavy atom. The van der Waals surface area contributed by atoms with E-state index in [-0.39, 0.29) is 48.0 Å². The molecule has 1 saturated heterocycles. The van der Waals surface area contributed by atoms with E-state index in [1.807, 2.05) is 20.8 Å². The molecule has 29 heavy (non-hydrogen) atoms. The summed E-state index contributed by atoms with van der Waals surface area (Å²) in [4.78, 5) is 20.9. The molecule has 2 atom stereocenters. The second-order valence-corrected chi connectivity index (χ2v) is 8.09. The van der Waals surface area contributed by atoms with E-state index in [1.54, 1.807) is 24.1 Å². The van der Waals surface area contributed by atoms with Gasteiger partial charge in [-0.1, -0.05) is 12.1 Å². The number of aliphatic imine (C=N–C) groups is 1. The Bertz CT molecular complexity index is 723. The number of carbonyl (C=O) groups is 1. The van der Waals surface area contributed by atoms with Gasteiger partial charge in [-0.15, -0.1) is 24.0 Å². The van der Waals surface area contributed by atoms with Gasteiger partial charge in [0.1, 0.15) is 11.4 Å². The molecule has 1 amide bonds. The number of amides is 1. The van der Waals surface area contributed by atoms with Crippen molar-refractivity contribution in [3.05, 3.63) is 35.6 Å². The van der Waals surface area contributed by atoms with Gasteiger partial charge < -0.3 is 24.6 Å². The molecule has 0 aromatic heterocycles. The number of fused-ring (bicyclic) bond motifs is 1. The monoisotopic (exact) mass is 520 g/mol. The number of hydrogen-bond acceptors (Lipinski definition) is 6. The van der Waals surface area contributed by atoms with Crippen LogP contribution in [-0.4, -0.2) is 73.3 Å². The lowest BCUT2D eigenvalue weighted by Crippen LogP contribution is -2.57. The highest BCUT2D eigenvalue weighted by molar-refractivity contribution is 14.0. The predicted molar refractivity (Wildman–Crippen MR) is 120 cm³/mol. The highest BCUT2D eigenvalue weighted by Gasteiger charge is 2.36. The standard InChI is InChI=1S/C20H29FN4O3.HI/c1-20(2,3)28-19(26)24-9-10-25-16(13-24)11-22-18(25)23-12-17(27-4)14-5-7-15(21)8-6-14;/h5-8,16-17H,9-13H2,1-4H3,(H,22,23);1H. The molecule has 2 heterocycles. The zero-order chi connectivity index (χ0) is 20.3. The first-order chi connectivity index (χ1) is 13.3. The summed E-state index contributed by atoms with van der Waals surface area (Å²) < 4.78 is 24.1. The number of nitrogens with one attached hydrogen (secondary N) is 1. The zero-order valence-corrected chi connectivity index (χ0v) is 19.7. The number of piperazine rings is 1. The van der Waals surface area contributed by atoms with Crippen LogP contribution in [0.3, 0.4) is 0 Å². The molecule has 0 radical (unpaired) electrons. The summed E-state index contributed by atoms with van der Waals surface area (Å²) in [5, 5.41) is 3.35. The molecule has 0 spiro atoms. The Morgan fingerprint density at radius 1 is 1.31 bits per heavy atom. The average molecular weight is 520 g/mol. The van der Waals surface area contributed by atoms with E-state index in [1.165, 1.54) is 12.1 Å². The molecule has 1 N–H and O–H groups in total. The maximum absolute atomic E-state index is 13.1. The van der Waals surface area contributed by atoms with Crippen LogP contribution < -0.4 is 5.32 Å². The third-order valence-electron chi connectivity index (χ3n) is 4.83. The topological polar surface area (TPSA) is 66.4 Å². The minimum Gasteiger partial charge on any atom is -0.444 e. The highest BCUT2D eigenvalue weighted by Crippen LogP contribution is 2.20. The maximum atomic E-state index is 13.1. The van der Waals surface area contributed by atoms with Gasteiger partial charge in [0.2, 0.25) is 0 Å². The van der Waals surface area contributed by atoms with Crippen molar-refractivity contribution in [1.82, 2.24) is 15.1 Å². The Balaban J connectivity index is 0.00000300. The summed E-state index contributed by atoms with van der Waals surface area (Å²) in [7, 11) is 1.63. The van der Waals surface area contributed by atoms with Gasteiger partial charge >= 0.3 is 6.09 Å². The summed E-state index contributed by atoms with van der Waals surface area (Å²) >= 11 is 0. The van der Waals surface area contributed by atoms with E-state index < -0.39 is 5.60 Å². The second-order valence-electron chi connectivity index (χ2n) is 8.09. The normalized spacial score (nSPS) is 19.8. The molecule has 1 aromatic rings. The first-order valence-electron chi connectivity index (χ1n) is 9.58. The van der Waals surface area contributed by atoms with Gasteiger partial charge in [0.05, 0.1) is 18.7 Å². The fourth-order valence-corrected chi connectivity index (χ4v) is 3.42. The highest BCUT2D eigenvalue weighted by atomic mass is 127. The van der Waals surface area contributed by atoms with E-state index in [2.05, 4.69) is 15.2 Å². The summed E-state index contributed by atoms with van der Waals surface area (Å²) in [5.41, 5.74) is 0.407. The van der Waals surface area contributed by atoms with Gasteiger partial charge in [-0.25, -0.2) is 9.18 Å². The van der Waals surface area contributed by atoms with E-state index >= 15 is 0 Å². The molecule has 0 saturated carbocycles. The van der Waals surface area contributed by atoms with E-state index in [0.29, 0.717) is 32.7 Å². The number of benzene rings is 1. The van der Waals surface area contributed by atoms with Crippen molar-refractivity contribution in [3.8, 4) is 0 Å². The number of halogens is 2. The Morgan fingerprint density at radius 2 is 2.00 bits per heavy atom. The fraction of sp³-hybridized carbons (Fsp3) is 0.600. The lowest BCUT2D eigenvalue weighted by Gasteiger charge is -2.39. The molecule has 1 aromatic carbocycles. The van der Waals surface area contributed by atoms with Crippen LogP contribution in [0.2, 0.25) is 0 Å². The molecule has 2 aliphatic heterocycles. The van der Waals surface area contributed by atoms with Crippen LogP contribution in [0.25, 0.3) is 0 Å². The van der Waals surface area contributed by atoms with Crippen molar-refractivity contribution < 1.29 is 18.7 Å². The Labute approximate surface area is 188 Å². The van der Waals surface area contributed by atoms with Crippen LogP contribution >= 0.6 is 24.0 Å². The maximum Gasteiger partial charge on any atom is 0.410 e. The number of guanidine groups is 1. The zero-order valence-electron chi connectivity index (χ0n) is 17.4. The summed E-state index contributed by atoms with van der Waals surface area (Å²) in [6, 6.07) is 6.46. The predicted octanol–water partition coefficient (Wildman–Crippen LogP) is 3.01. The van der Waals surface area contributed by atoms with E-state index in [0.717, 1.165) is 11.5 Å². The van der Waals surface area contributed by atoms with Crippen molar-refractivity contribution in [2.24, 2.45) is 4.99 Å². The molecule has 2 unspecified atom stereocenters. The van der Waals surface area contributed by atoms with Crippen LogP contribution in [-0.2, 0) is 9.47 Å². The summed E-state index contributed by atoms with van der Waals surface area (Å²) in [5.74, 6) is 0.551. The Hall–Kier alpha value is -1.62. The lowest BCUT2D eigenvalue weighted by molar-refractivity contribution is 0.0137. The number of hydrogen-bond donors (Lipinski definition) is 1. The van der Waals surface area contributed by atoms with Gasteiger partial charge in [-0.3, -0.25) is 4.99 Å². The molecule has 9 heteroatoms. The Kier molecular flexibility index (Phi) is 8.10. The fourth-order valence-electron chi connectivity index (χ4n) is 3.42. The van der Waals surface area contributed by atoms with Gasteiger partial charge in [0, 0.05) is 33.3 Å². The third-order valence-corrected chi connectivity index (χ3v) is 4.83. The summed E-state index contributed by atoms with van der Waals surface area (Å²) in [6.45, 7) is 8.66. The molecular formula is C20H30FIN4O3. The minimum atomic E-state index is -0.497. The van der Waals surface area contributed by atoms with Crippen LogP contribution in [0.1, 0.15) is 32.4 Å². The van der Waals surface area contributed by atoms with E-state index in [4.69, 9.17) is 9.47 Å². The third kappa shape index (κ3) is 6.18. The van der Waals surface area contributed by atoms with Crippen molar-refractivity contribution in [2.75, 3.05) is 39.8 Å². The van der Waals surface area contributed by atoms with Gasteiger partial charge in [-0.05, 0) is 38.5 Å². The number of rotatable bonds is 4. The largest absolute Gasteiger partial charge is 0.444 e. The minimum absolute atomic E-state index is 0. The van der Waals surface area contributed by atoms with Gasteiger partial charge in [-0.2, -0.15) is 0 Å². The van der Waals surface area contributed by atoms with Crippen LogP contribution in [0.4, 0.5) is 9.18 Å². The van der Waals surface area contributed by atoms with Gasteiger partial charge in [0.15, 0.2) is 5.96 Å². The molecule has 2 aliphatic rings. The number of carbonyl (C=O) groups excluding carboxylic acids is 1. The van der Waals surface area contributed by atoms with Crippen LogP contribution in [0.5, 0.6) is 0 Å². The molecular weight excluding hydrogens is 490 g/mol. The van der Waals surface area contributed by atoms with Gasteiger partial charge in [0.25, 0.3) is 0 Å².